The van der Waals surface area contributed by atoms with E-state index in [2.05, 4.69) is 31.5 Å². The number of hydrogen-bond acceptors (Lipinski definition) is 6. The molecule has 1 amide bonds. The summed E-state index contributed by atoms with van der Waals surface area (Å²) >= 11 is 0. The molecule has 1 aromatic carbocycles. The third-order valence-electron chi connectivity index (χ3n) is 4.18. The van der Waals surface area contributed by atoms with Crippen LogP contribution in [-0.4, -0.2) is 51.3 Å². The maximum absolute atomic E-state index is 12.4. The summed E-state index contributed by atoms with van der Waals surface area (Å²) in [5, 5.41) is 21.2. The molecule has 3 rings (SSSR count). The van der Waals surface area contributed by atoms with Gasteiger partial charge in [0.25, 0.3) is 0 Å². The first-order valence-electron chi connectivity index (χ1n) is 8.39. The Bertz CT molecular complexity index is 662. The monoisotopic (exact) mass is 401 g/mol. The molecule has 2 heterocycles. The van der Waals surface area contributed by atoms with Crippen molar-refractivity contribution in [3.05, 3.63) is 30.3 Å². The number of amides is 1. The number of rotatable bonds is 7. The zero-order valence-corrected chi connectivity index (χ0v) is 16.2. The van der Waals surface area contributed by atoms with Crippen LogP contribution in [0, 0.1) is 0 Å². The van der Waals surface area contributed by atoms with E-state index in [1.165, 1.54) is 6.42 Å². The standard InChI is InChI=1S/C16H23N7O.2ClH/c1-2-14(15(24)18-11-12-7-6-10-17-12)19-16-20-21-22-23(16)13-8-4-3-5-9-13;;/h3-5,8-9,12,14,17H,2,6-7,10-11H2,1H3,(H,18,24)(H,19,20,22);2*1H. The molecule has 0 bridgehead atoms. The highest BCUT2D eigenvalue weighted by Crippen LogP contribution is 2.12. The van der Waals surface area contributed by atoms with E-state index in [9.17, 15) is 4.79 Å². The van der Waals surface area contributed by atoms with Gasteiger partial charge in [0.2, 0.25) is 11.9 Å². The Morgan fingerprint density at radius 3 is 2.77 bits per heavy atom. The van der Waals surface area contributed by atoms with Crippen LogP contribution in [0.1, 0.15) is 26.2 Å². The van der Waals surface area contributed by atoms with Gasteiger partial charge in [-0.1, -0.05) is 30.2 Å². The SMILES string of the molecule is CCC(Nc1nnnn1-c1ccccc1)C(=O)NCC1CCCN1.Cl.Cl. The third-order valence-corrected chi connectivity index (χ3v) is 4.18. The summed E-state index contributed by atoms with van der Waals surface area (Å²) in [7, 11) is 0. The highest BCUT2D eigenvalue weighted by atomic mass is 35.5. The van der Waals surface area contributed by atoms with Gasteiger partial charge in [0.15, 0.2) is 0 Å². The van der Waals surface area contributed by atoms with E-state index in [4.69, 9.17) is 0 Å². The second-order valence-electron chi connectivity index (χ2n) is 5.89. The summed E-state index contributed by atoms with van der Waals surface area (Å²) in [5.41, 5.74) is 0.843. The number of para-hydroxylation sites is 1. The molecule has 1 fully saturated rings. The maximum atomic E-state index is 12.4. The molecule has 3 N–H and O–H groups in total. The van der Waals surface area contributed by atoms with Crippen LogP contribution < -0.4 is 16.0 Å². The fourth-order valence-corrected chi connectivity index (χ4v) is 2.81. The maximum Gasteiger partial charge on any atom is 0.248 e. The lowest BCUT2D eigenvalue weighted by atomic mass is 10.2. The molecule has 1 saturated heterocycles. The van der Waals surface area contributed by atoms with E-state index < -0.39 is 0 Å². The van der Waals surface area contributed by atoms with Crippen molar-refractivity contribution >= 4 is 36.7 Å². The Kier molecular flexibility index (Phi) is 9.32. The van der Waals surface area contributed by atoms with Crippen molar-refractivity contribution in [3.8, 4) is 5.69 Å². The summed E-state index contributed by atoms with van der Waals surface area (Å²) in [4.78, 5) is 12.4. The molecule has 2 unspecified atom stereocenters. The molecule has 0 radical (unpaired) electrons. The summed E-state index contributed by atoms with van der Waals surface area (Å²) in [5.74, 6) is 0.427. The van der Waals surface area contributed by atoms with Crippen LogP contribution in [0.4, 0.5) is 5.95 Å². The second kappa shape index (κ2) is 10.9. The Balaban J connectivity index is 0.00000169. The average molecular weight is 402 g/mol. The van der Waals surface area contributed by atoms with Crippen molar-refractivity contribution < 1.29 is 4.79 Å². The van der Waals surface area contributed by atoms with Gasteiger partial charge in [-0.3, -0.25) is 4.79 Å². The number of carbonyl (C=O) groups is 1. The molecular weight excluding hydrogens is 377 g/mol. The molecule has 2 aromatic rings. The van der Waals surface area contributed by atoms with Crippen molar-refractivity contribution in [1.29, 1.82) is 0 Å². The van der Waals surface area contributed by atoms with Gasteiger partial charge in [-0.05, 0) is 48.4 Å². The van der Waals surface area contributed by atoms with E-state index >= 15 is 0 Å². The second-order valence-corrected chi connectivity index (χ2v) is 5.89. The topological polar surface area (TPSA) is 96.8 Å². The predicted molar refractivity (Wildman–Crippen MR) is 105 cm³/mol. The number of nitrogens with one attached hydrogen (secondary N) is 3. The van der Waals surface area contributed by atoms with Gasteiger partial charge in [0.05, 0.1) is 5.69 Å². The van der Waals surface area contributed by atoms with Crippen molar-refractivity contribution in [2.24, 2.45) is 0 Å². The number of carbonyl (C=O) groups excluding carboxylic acids is 1. The Labute approximate surface area is 165 Å². The van der Waals surface area contributed by atoms with Gasteiger partial charge >= 0.3 is 0 Å². The van der Waals surface area contributed by atoms with Crippen LogP contribution in [0.25, 0.3) is 5.69 Å². The lowest BCUT2D eigenvalue weighted by molar-refractivity contribution is -0.122. The number of nitrogens with zero attached hydrogens (tertiary/aromatic N) is 4. The van der Waals surface area contributed by atoms with Crippen LogP contribution in [0.2, 0.25) is 0 Å². The molecule has 1 aliphatic heterocycles. The lowest BCUT2D eigenvalue weighted by Crippen LogP contribution is -2.44. The molecule has 144 valence electrons. The smallest absolute Gasteiger partial charge is 0.248 e. The van der Waals surface area contributed by atoms with Crippen LogP contribution in [0.3, 0.4) is 0 Å². The van der Waals surface area contributed by atoms with Gasteiger partial charge < -0.3 is 16.0 Å². The van der Waals surface area contributed by atoms with Crippen LogP contribution in [0.15, 0.2) is 30.3 Å². The van der Waals surface area contributed by atoms with Crippen molar-refractivity contribution in [2.75, 3.05) is 18.4 Å². The van der Waals surface area contributed by atoms with Gasteiger partial charge in [-0.15, -0.1) is 24.8 Å². The number of tetrazole rings is 1. The minimum absolute atomic E-state index is 0. The van der Waals surface area contributed by atoms with E-state index in [1.807, 2.05) is 37.3 Å². The van der Waals surface area contributed by atoms with E-state index in [-0.39, 0.29) is 36.8 Å². The van der Waals surface area contributed by atoms with Crippen LogP contribution in [0.5, 0.6) is 0 Å². The molecule has 0 spiro atoms. The minimum Gasteiger partial charge on any atom is -0.353 e. The first-order chi connectivity index (χ1) is 11.8. The number of halogens is 2. The number of benzene rings is 1. The summed E-state index contributed by atoms with van der Waals surface area (Å²) in [6.07, 6.45) is 2.92. The normalized spacial score (nSPS) is 16.9. The summed E-state index contributed by atoms with van der Waals surface area (Å²) < 4.78 is 1.59. The molecule has 0 saturated carbocycles. The number of aromatic nitrogens is 4. The van der Waals surface area contributed by atoms with Crippen molar-refractivity contribution in [1.82, 2.24) is 30.8 Å². The number of hydrogen-bond donors (Lipinski definition) is 3. The highest BCUT2D eigenvalue weighted by molar-refractivity contribution is 5.85. The Morgan fingerprint density at radius 2 is 2.12 bits per heavy atom. The fourth-order valence-electron chi connectivity index (χ4n) is 2.81. The average Bonchev–Trinajstić information content (AvgIpc) is 3.30. The quantitative estimate of drug-likeness (QED) is 0.651. The first kappa shape index (κ1) is 22.1. The molecule has 8 nitrogen and oxygen atoms in total. The van der Waals surface area contributed by atoms with E-state index in [0.29, 0.717) is 25.0 Å². The molecular formula is C16H25Cl2N7O. The number of anilines is 1. The van der Waals surface area contributed by atoms with Gasteiger partial charge in [0, 0.05) is 12.6 Å². The molecule has 1 aromatic heterocycles. The van der Waals surface area contributed by atoms with E-state index in [0.717, 1.165) is 18.7 Å². The molecule has 2 atom stereocenters. The third kappa shape index (κ3) is 5.55. The zero-order valence-electron chi connectivity index (χ0n) is 14.6. The fraction of sp³-hybridized carbons (Fsp3) is 0.500. The van der Waals surface area contributed by atoms with Gasteiger partial charge in [-0.2, -0.15) is 4.68 Å². The first-order valence-corrected chi connectivity index (χ1v) is 8.39. The molecule has 10 heteroatoms. The Hall–Kier alpha value is -1.90. The lowest BCUT2D eigenvalue weighted by Gasteiger charge is -2.18. The molecule has 0 aliphatic carbocycles. The summed E-state index contributed by atoms with van der Waals surface area (Å²) in [6, 6.07) is 9.59. The summed E-state index contributed by atoms with van der Waals surface area (Å²) in [6.45, 7) is 3.64. The van der Waals surface area contributed by atoms with Crippen molar-refractivity contribution in [3.63, 3.8) is 0 Å². The predicted octanol–water partition coefficient (Wildman–Crippen LogP) is 1.56. The van der Waals surface area contributed by atoms with Gasteiger partial charge in [-0.25, -0.2) is 0 Å². The zero-order chi connectivity index (χ0) is 16.8. The van der Waals surface area contributed by atoms with E-state index in [1.54, 1.807) is 4.68 Å². The van der Waals surface area contributed by atoms with Crippen molar-refractivity contribution in [2.45, 2.75) is 38.3 Å². The minimum atomic E-state index is -0.375. The molecule has 1 aliphatic rings. The highest BCUT2D eigenvalue weighted by Gasteiger charge is 2.21. The van der Waals surface area contributed by atoms with Crippen LogP contribution in [-0.2, 0) is 4.79 Å². The Morgan fingerprint density at radius 1 is 1.35 bits per heavy atom. The van der Waals surface area contributed by atoms with Crippen LogP contribution >= 0.6 is 24.8 Å². The van der Waals surface area contributed by atoms with Gasteiger partial charge in [0.1, 0.15) is 6.04 Å². The molecule has 26 heavy (non-hydrogen) atoms. The largest absolute Gasteiger partial charge is 0.353 e.